The standard InChI is InChI=1S/C33H27N5S.C2H6/c1-16(2)32-35-26-13-24-21-7-5-19(12-28(21)39-29(24)14-27(26)36-32)18-6-8-22-23(11-18)20-9-10-34-15-25(20)31-30(22)37-33(38-31)17(3)4;1-2/h5-17H,1-4H3,(H,35,36)(H,37,38);1-2H3. The van der Waals surface area contributed by atoms with Gasteiger partial charge in [0.15, 0.2) is 0 Å². The largest absolute Gasteiger partial charge is 0.342 e. The lowest BCUT2D eigenvalue weighted by Gasteiger charge is -2.09. The first kappa shape index (κ1) is 25.7. The third kappa shape index (κ3) is 4.00. The molecule has 6 heteroatoms. The van der Waals surface area contributed by atoms with Crippen LogP contribution in [0.15, 0.2) is 67.0 Å². The van der Waals surface area contributed by atoms with Crippen LogP contribution in [0.3, 0.4) is 0 Å². The molecular formula is C35H33N5S. The molecule has 0 fully saturated rings. The van der Waals surface area contributed by atoms with Gasteiger partial charge in [0, 0.05) is 55.2 Å². The SMILES string of the molecule is CC.CC(C)c1nc2cc3sc4cc(-c5ccc6c(c5)c5ccncc5c5nc(C(C)C)[nH]c65)ccc4c3cc2[nH]1. The number of thiophene rings is 1. The zero-order valence-electron chi connectivity index (χ0n) is 24.3. The molecule has 0 radical (unpaired) electrons. The van der Waals surface area contributed by atoms with Gasteiger partial charge < -0.3 is 9.97 Å². The zero-order valence-corrected chi connectivity index (χ0v) is 25.1. The molecule has 5 nitrogen and oxygen atoms in total. The summed E-state index contributed by atoms with van der Waals surface area (Å²) in [7, 11) is 0. The number of nitrogens with zero attached hydrogens (tertiary/aromatic N) is 3. The maximum atomic E-state index is 4.95. The van der Waals surface area contributed by atoms with Crippen molar-refractivity contribution >= 4 is 75.1 Å². The Morgan fingerprint density at radius 3 is 2.12 bits per heavy atom. The molecule has 0 aliphatic heterocycles. The highest BCUT2D eigenvalue weighted by Gasteiger charge is 2.16. The van der Waals surface area contributed by atoms with Crippen LogP contribution in [0.25, 0.3) is 74.9 Å². The maximum absolute atomic E-state index is 4.95. The van der Waals surface area contributed by atoms with Gasteiger partial charge in [0.25, 0.3) is 0 Å². The van der Waals surface area contributed by atoms with Gasteiger partial charge in [0.2, 0.25) is 0 Å². The summed E-state index contributed by atoms with van der Waals surface area (Å²) in [4.78, 5) is 21.3. The molecule has 0 unspecified atom stereocenters. The van der Waals surface area contributed by atoms with E-state index in [1.165, 1.54) is 47.5 Å². The predicted molar refractivity (Wildman–Crippen MR) is 176 cm³/mol. The lowest BCUT2D eigenvalue weighted by molar-refractivity contribution is 0.799. The minimum atomic E-state index is 0.326. The van der Waals surface area contributed by atoms with E-state index in [4.69, 9.17) is 9.97 Å². The summed E-state index contributed by atoms with van der Waals surface area (Å²) in [6, 6.07) is 20.3. The van der Waals surface area contributed by atoms with Crippen LogP contribution in [0, 0.1) is 0 Å². The summed E-state index contributed by atoms with van der Waals surface area (Å²) in [5.74, 6) is 2.76. The monoisotopic (exact) mass is 555 g/mol. The molecule has 8 rings (SSSR count). The highest BCUT2D eigenvalue weighted by molar-refractivity contribution is 7.25. The molecule has 4 heterocycles. The summed E-state index contributed by atoms with van der Waals surface area (Å²) < 4.78 is 2.56. The molecular weight excluding hydrogens is 522 g/mol. The Morgan fingerprint density at radius 2 is 1.34 bits per heavy atom. The molecule has 0 spiro atoms. The van der Waals surface area contributed by atoms with Crippen LogP contribution < -0.4 is 0 Å². The summed E-state index contributed by atoms with van der Waals surface area (Å²) >= 11 is 1.84. The van der Waals surface area contributed by atoms with E-state index in [1.807, 2.05) is 37.6 Å². The van der Waals surface area contributed by atoms with Crippen molar-refractivity contribution in [3.8, 4) is 11.1 Å². The van der Waals surface area contributed by atoms with Gasteiger partial charge in [0.1, 0.15) is 11.6 Å². The molecule has 204 valence electrons. The lowest BCUT2D eigenvalue weighted by atomic mass is 9.96. The maximum Gasteiger partial charge on any atom is 0.109 e. The van der Waals surface area contributed by atoms with E-state index >= 15 is 0 Å². The van der Waals surface area contributed by atoms with Gasteiger partial charge in [-0.2, -0.15) is 0 Å². The van der Waals surface area contributed by atoms with Crippen LogP contribution in [-0.4, -0.2) is 24.9 Å². The highest BCUT2D eigenvalue weighted by Crippen LogP contribution is 2.40. The van der Waals surface area contributed by atoms with Gasteiger partial charge in [-0.25, -0.2) is 9.97 Å². The molecule has 0 aliphatic carbocycles. The predicted octanol–water partition coefficient (Wildman–Crippen LogP) is 10.4. The normalized spacial score (nSPS) is 12.1. The van der Waals surface area contributed by atoms with Crippen LogP contribution in [0.4, 0.5) is 0 Å². The van der Waals surface area contributed by atoms with Crippen molar-refractivity contribution in [3.63, 3.8) is 0 Å². The molecule has 2 N–H and O–H groups in total. The summed E-state index contributed by atoms with van der Waals surface area (Å²) in [5, 5.41) is 7.26. The second kappa shape index (κ2) is 9.67. The Balaban J connectivity index is 0.00000135. The number of fused-ring (bicyclic) bond motifs is 10. The van der Waals surface area contributed by atoms with Gasteiger partial charge in [-0.15, -0.1) is 11.3 Å². The molecule has 41 heavy (non-hydrogen) atoms. The number of hydrogen-bond donors (Lipinski definition) is 2. The van der Waals surface area contributed by atoms with E-state index in [0.717, 1.165) is 39.1 Å². The fourth-order valence-electron chi connectivity index (χ4n) is 5.79. The topological polar surface area (TPSA) is 70.2 Å². The molecule has 0 saturated heterocycles. The van der Waals surface area contributed by atoms with Crippen LogP contribution >= 0.6 is 11.3 Å². The number of imidazole rings is 2. The van der Waals surface area contributed by atoms with Crippen molar-refractivity contribution in [1.29, 1.82) is 0 Å². The minimum Gasteiger partial charge on any atom is -0.342 e. The van der Waals surface area contributed by atoms with Gasteiger partial charge in [0.05, 0.1) is 22.1 Å². The summed E-state index contributed by atoms with van der Waals surface area (Å²) in [5.41, 5.74) is 6.66. The Kier molecular flexibility index (Phi) is 6.05. The molecule has 0 bridgehead atoms. The fourth-order valence-corrected chi connectivity index (χ4v) is 6.95. The van der Waals surface area contributed by atoms with E-state index in [0.29, 0.717) is 11.8 Å². The molecule has 0 aliphatic rings. The van der Waals surface area contributed by atoms with E-state index < -0.39 is 0 Å². The molecule has 0 atom stereocenters. The number of H-pyrrole nitrogens is 2. The van der Waals surface area contributed by atoms with Crippen LogP contribution in [0.1, 0.15) is 65.0 Å². The number of hydrogen-bond acceptors (Lipinski definition) is 4. The fraction of sp³-hybridized carbons (Fsp3) is 0.229. The smallest absolute Gasteiger partial charge is 0.109 e. The number of aromatic nitrogens is 5. The third-order valence-electron chi connectivity index (χ3n) is 7.90. The van der Waals surface area contributed by atoms with E-state index in [-0.39, 0.29) is 0 Å². The lowest BCUT2D eigenvalue weighted by Crippen LogP contribution is -1.88. The van der Waals surface area contributed by atoms with Crippen molar-refractivity contribution in [3.05, 3.63) is 78.6 Å². The number of benzene rings is 4. The summed E-state index contributed by atoms with van der Waals surface area (Å²) in [6.07, 6.45) is 3.82. The Bertz CT molecular complexity index is 2250. The van der Waals surface area contributed by atoms with Crippen molar-refractivity contribution in [2.24, 2.45) is 0 Å². The number of aromatic amines is 2. The third-order valence-corrected chi connectivity index (χ3v) is 9.01. The molecule has 8 aromatic rings. The van der Waals surface area contributed by atoms with E-state index in [9.17, 15) is 0 Å². The average Bonchev–Trinajstić information content (AvgIpc) is 3.71. The van der Waals surface area contributed by atoms with Crippen molar-refractivity contribution < 1.29 is 0 Å². The summed E-state index contributed by atoms with van der Waals surface area (Å²) in [6.45, 7) is 12.7. The van der Waals surface area contributed by atoms with Crippen molar-refractivity contribution in [2.75, 3.05) is 0 Å². The quantitative estimate of drug-likeness (QED) is 0.213. The first-order valence-electron chi connectivity index (χ1n) is 14.5. The van der Waals surface area contributed by atoms with Gasteiger partial charge in [-0.05, 0) is 52.2 Å². The number of nitrogens with one attached hydrogen (secondary N) is 2. The Labute approximate surface area is 242 Å². The second-order valence-electron chi connectivity index (χ2n) is 11.1. The zero-order chi connectivity index (χ0) is 28.4. The molecule has 4 aromatic carbocycles. The Morgan fingerprint density at radius 1 is 0.634 bits per heavy atom. The first-order valence-corrected chi connectivity index (χ1v) is 15.3. The Hall–Kier alpha value is -4.29. The molecule has 0 amide bonds. The van der Waals surface area contributed by atoms with Crippen molar-refractivity contribution in [2.45, 2.75) is 53.4 Å². The number of pyridine rings is 1. The van der Waals surface area contributed by atoms with Gasteiger partial charge in [-0.3, -0.25) is 4.98 Å². The molecule has 4 aromatic heterocycles. The first-order chi connectivity index (χ1) is 19.9. The van der Waals surface area contributed by atoms with Crippen LogP contribution in [-0.2, 0) is 0 Å². The van der Waals surface area contributed by atoms with E-state index in [2.05, 4.69) is 97.2 Å². The molecule has 0 saturated carbocycles. The van der Waals surface area contributed by atoms with Crippen molar-refractivity contribution in [1.82, 2.24) is 24.9 Å². The van der Waals surface area contributed by atoms with Crippen LogP contribution in [0.5, 0.6) is 0 Å². The van der Waals surface area contributed by atoms with E-state index in [1.54, 1.807) is 0 Å². The van der Waals surface area contributed by atoms with Crippen LogP contribution in [0.2, 0.25) is 0 Å². The van der Waals surface area contributed by atoms with Gasteiger partial charge >= 0.3 is 0 Å². The average molecular weight is 556 g/mol. The second-order valence-corrected chi connectivity index (χ2v) is 12.2. The van der Waals surface area contributed by atoms with Gasteiger partial charge in [-0.1, -0.05) is 65.8 Å². The highest BCUT2D eigenvalue weighted by atomic mass is 32.1. The number of rotatable bonds is 3. The minimum absolute atomic E-state index is 0.326.